The molecular formula is C26H24O4. The van der Waals surface area contributed by atoms with Gasteiger partial charge >= 0.3 is 0 Å². The van der Waals surface area contributed by atoms with Crippen LogP contribution in [0.25, 0.3) is 0 Å². The van der Waals surface area contributed by atoms with Crippen LogP contribution in [0.5, 0.6) is 23.0 Å². The van der Waals surface area contributed by atoms with Crippen LogP contribution in [0.4, 0.5) is 0 Å². The summed E-state index contributed by atoms with van der Waals surface area (Å²) in [6.45, 7) is 0. The van der Waals surface area contributed by atoms with Crippen LogP contribution in [0.1, 0.15) is 22.3 Å². The van der Waals surface area contributed by atoms with Gasteiger partial charge in [-0.3, -0.25) is 0 Å². The molecule has 0 atom stereocenters. The van der Waals surface area contributed by atoms with E-state index in [1.54, 1.807) is 48.5 Å². The van der Waals surface area contributed by atoms with E-state index in [1.807, 2.05) is 48.5 Å². The number of rotatable bonds is 4. The van der Waals surface area contributed by atoms with Crippen molar-refractivity contribution in [3.8, 4) is 23.0 Å². The topological polar surface area (TPSA) is 80.9 Å². The van der Waals surface area contributed by atoms with E-state index in [0.717, 1.165) is 22.3 Å². The molecule has 0 radical (unpaired) electrons. The molecule has 0 fully saturated rings. The molecule has 0 unspecified atom stereocenters. The molecule has 152 valence electrons. The van der Waals surface area contributed by atoms with Crippen LogP contribution in [-0.2, 0) is 12.8 Å². The van der Waals surface area contributed by atoms with Gasteiger partial charge in [-0.25, -0.2) is 0 Å². The Morgan fingerprint density at radius 3 is 0.733 bits per heavy atom. The number of aromatic hydroxyl groups is 4. The van der Waals surface area contributed by atoms with Crippen LogP contribution in [-0.4, -0.2) is 20.4 Å². The maximum Gasteiger partial charge on any atom is 0.119 e. The molecule has 30 heavy (non-hydrogen) atoms. The molecule has 0 aliphatic rings. The molecule has 0 bridgehead atoms. The van der Waals surface area contributed by atoms with E-state index in [4.69, 9.17) is 0 Å². The van der Waals surface area contributed by atoms with E-state index in [0.29, 0.717) is 12.8 Å². The molecule has 0 spiro atoms. The van der Waals surface area contributed by atoms with Crippen molar-refractivity contribution in [3.63, 3.8) is 0 Å². The lowest BCUT2D eigenvalue weighted by Gasteiger charge is -2.05. The van der Waals surface area contributed by atoms with E-state index < -0.39 is 0 Å². The summed E-state index contributed by atoms with van der Waals surface area (Å²) in [7, 11) is 0. The van der Waals surface area contributed by atoms with E-state index in [2.05, 4.69) is 0 Å². The highest BCUT2D eigenvalue weighted by Crippen LogP contribution is 2.25. The third-order valence-corrected chi connectivity index (χ3v) is 4.73. The molecule has 0 aliphatic heterocycles. The fourth-order valence-corrected chi connectivity index (χ4v) is 3.05. The molecule has 4 N–H and O–H groups in total. The predicted molar refractivity (Wildman–Crippen MR) is 118 cm³/mol. The summed E-state index contributed by atoms with van der Waals surface area (Å²) in [5, 5.41) is 38.3. The minimum absolute atomic E-state index is 0.265. The molecular weight excluding hydrogens is 376 g/mol. The van der Waals surface area contributed by atoms with Crippen molar-refractivity contribution in [2.75, 3.05) is 0 Å². The fraction of sp³-hybridized carbons (Fsp3) is 0.0769. The first-order chi connectivity index (χ1) is 14.5. The van der Waals surface area contributed by atoms with Crippen LogP contribution in [0.2, 0.25) is 0 Å². The molecule has 4 rings (SSSR count). The van der Waals surface area contributed by atoms with Gasteiger partial charge in [-0.05, 0) is 46.5 Å². The van der Waals surface area contributed by atoms with Crippen molar-refractivity contribution in [2.24, 2.45) is 0 Å². The van der Waals surface area contributed by atoms with Gasteiger partial charge in [-0.1, -0.05) is 72.8 Å². The highest BCUT2D eigenvalue weighted by molar-refractivity contribution is 5.42. The predicted octanol–water partition coefficient (Wildman–Crippen LogP) is 5.38. The average molecular weight is 400 g/mol. The van der Waals surface area contributed by atoms with Crippen molar-refractivity contribution >= 4 is 0 Å². The quantitative estimate of drug-likeness (QED) is 0.371. The van der Waals surface area contributed by atoms with Crippen molar-refractivity contribution in [1.82, 2.24) is 0 Å². The number of hydrogen-bond donors (Lipinski definition) is 4. The monoisotopic (exact) mass is 400 g/mol. The highest BCUT2D eigenvalue weighted by atomic mass is 16.3. The molecule has 4 heteroatoms. The molecule has 0 saturated heterocycles. The van der Waals surface area contributed by atoms with Crippen LogP contribution >= 0.6 is 0 Å². The van der Waals surface area contributed by atoms with Gasteiger partial charge in [0.25, 0.3) is 0 Å². The van der Waals surface area contributed by atoms with Gasteiger partial charge in [0, 0.05) is 12.8 Å². The normalized spacial score (nSPS) is 10.1. The maximum atomic E-state index is 9.58. The summed E-state index contributed by atoms with van der Waals surface area (Å²) in [5.41, 5.74) is 3.27. The SMILES string of the molecule is Oc1ccccc1Cc1ccccc1O.Oc1ccccc1Cc1ccccc1O. The molecule has 0 aliphatic carbocycles. The Morgan fingerprint density at radius 1 is 0.333 bits per heavy atom. The van der Waals surface area contributed by atoms with Crippen molar-refractivity contribution < 1.29 is 20.4 Å². The third-order valence-electron chi connectivity index (χ3n) is 4.73. The number of benzene rings is 4. The van der Waals surface area contributed by atoms with E-state index in [9.17, 15) is 20.4 Å². The third kappa shape index (κ3) is 5.55. The zero-order valence-electron chi connectivity index (χ0n) is 16.4. The summed E-state index contributed by atoms with van der Waals surface area (Å²) in [5.74, 6) is 1.06. The van der Waals surface area contributed by atoms with Crippen molar-refractivity contribution in [3.05, 3.63) is 119 Å². The van der Waals surface area contributed by atoms with Crippen LogP contribution in [0.15, 0.2) is 97.1 Å². The Bertz CT molecular complexity index is 929. The molecule has 0 amide bonds. The van der Waals surface area contributed by atoms with Crippen LogP contribution < -0.4 is 0 Å². The van der Waals surface area contributed by atoms with Gasteiger partial charge < -0.3 is 20.4 Å². The summed E-state index contributed by atoms with van der Waals surface area (Å²) < 4.78 is 0. The summed E-state index contributed by atoms with van der Waals surface area (Å²) in [6.07, 6.45) is 1.08. The first-order valence-corrected chi connectivity index (χ1v) is 9.62. The van der Waals surface area contributed by atoms with E-state index in [-0.39, 0.29) is 23.0 Å². The minimum Gasteiger partial charge on any atom is -0.508 e. The van der Waals surface area contributed by atoms with Crippen molar-refractivity contribution in [1.29, 1.82) is 0 Å². The summed E-state index contributed by atoms with van der Waals surface area (Å²) in [4.78, 5) is 0. The Labute approximate surface area is 176 Å². The maximum absolute atomic E-state index is 9.58. The molecule has 0 aromatic heterocycles. The largest absolute Gasteiger partial charge is 0.508 e. The molecule has 0 saturated carbocycles. The van der Waals surface area contributed by atoms with Crippen LogP contribution in [0.3, 0.4) is 0 Å². The van der Waals surface area contributed by atoms with Crippen molar-refractivity contribution in [2.45, 2.75) is 12.8 Å². The van der Waals surface area contributed by atoms with Gasteiger partial charge in [0.2, 0.25) is 0 Å². The second-order valence-corrected chi connectivity index (χ2v) is 6.87. The Kier molecular flexibility index (Phi) is 6.95. The van der Waals surface area contributed by atoms with Gasteiger partial charge in [0.15, 0.2) is 0 Å². The zero-order chi connectivity index (χ0) is 21.3. The van der Waals surface area contributed by atoms with Crippen LogP contribution in [0, 0.1) is 0 Å². The lowest BCUT2D eigenvalue weighted by atomic mass is 10.0. The first kappa shape index (κ1) is 20.8. The first-order valence-electron chi connectivity index (χ1n) is 9.62. The summed E-state index contributed by atoms with van der Waals surface area (Å²) >= 11 is 0. The Hall–Kier alpha value is -3.92. The zero-order valence-corrected chi connectivity index (χ0v) is 16.4. The van der Waals surface area contributed by atoms with Gasteiger partial charge in [-0.2, -0.15) is 0 Å². The lowest BCUT2D eigenvalue weighted by molar-refractivity contribution is 0.462. The second kappa shape index (κ2) is 10.0. The Balaban J connectivity index is 0.000000171. The minimum atomic E-state index is 0.265. The highest BCUT2D eigenvalue weighted by Gasteiger charge is 2.05. The standard InChI is InChI=1S/2C13H12O2/c2*14-12-7-3-1-5-10(12)9-11-6-2-4-8-13(11)15/h2*1-8,14-15H,9H2. The average Bonchev–Trinajstić information content (AvgIpc) is 2.75. The number of phenols is 4. The molecule has 0 heterocycles. The lowest BCUT2D eigenvalue weighted by Crippen LogP contribution is -1.88. The number of para-hydroxylation sites is 4. The smallest absolute Gasteiger partial charge is 0.119 e. The summed E-state index contributed by atoms with van der Waals surface area (Å²) in [6, 6.07) is 28.6. The van der Waals surface area contributed by atoms with Gasteiger partial charge in [0.1, 0.15) is 23.0 Å². The van der Waals surface area contributed by atoms with E-state index >= 15 is 0 Å². The fourth-order valence-electron chi connectivity index (χ4n) is 3.05. The van der Waals surface area contributed by atoms with E-state index in [1.165, 1.54) is 0 Å². The molecule has 4 aromatic carbocycles. The number of hydrogen-bond acceptors (Lipinski definition) is 4. The Morgan fingerprint density at radius 2 is 0.533 bits per heavy atom. The second-order valence-electron chi connectivity index (χ2n) is 6.87. The van der Waals surface area contributed by atoms with Gasteiger partial charge in [-0.15, -0.1) is 0 Å². The van der Waals surface area contributed by atoms with Gasteiger partial charge in [0.05, 0.1) is 0 Å². The number of phenolic OH excluding ortho intramolecular Hbond substituents is 4. The molecule has 4 aromatic rings. The molecule has 4 nitrogen and oxygen atoms in total.